The van der Waals surface area contributed by atoms with Gasteiger partial charge >= 0.3 is 6.18 Å². The lowest BCUT2D eigenvalue weighted by Gasteiger charge is -2.10. The number of rotatable bonds is 4. The fourth-order valence-electron chi connectivity index (χ4n) is 2.37. The molecular formula is C19H14F3N3O2S. The minimum absolute atomic E-state index is 0.0226. The Bertz CT molecular complexity index is 1030. The summed E-state index contributed by atoms with van der Waals surface area (Å²) in [6.45, 7) is 1.78. The highest BCUT2D eigenvalue weighted by Gasteiger charge is 2.30. The number of anilines is 2. The second-order valence-corrected chi connectivity index (χ2v) is 7.05. The number of nitrogens with zero attached hydrogens (tertiary/aromatic N) is 1. The van der Waals surface area contributed by atoms with Gasteiger partial charge in [0.25, 0.3) is 11.8 Å². The van der Waals surface area contributed by atoms with E-state index in [9.17, 15) is 22.8 Å². The van der Waals surface area contributed by atoms with Crippen molar-refractivity contribution >= 4 is 34.5 Å². The standard InChI is InChI=1S/C19H14F3N3O2S/c1-11-23-10-16(28-11)18(27)25-14-6-2-4-12(8-14)17(26)24-15-7-3-5-13(9-15)19(20,21)22/h2-10H,1H3,(H,24,26)(H,25,27). The number of hydrogen-bond donors (Lipinski definition) is 2. The van der Waals surface area contributed by atoms with E-state index in [4.69, 9.17) is 0 Å². The zero-order valence-corrected chi connectivity index (χ0v) is 15.3. The first-order chi connectivity index (χ1) is 13.2. The average Bonchev–Trinajstić information content (AvgIpc) is 3.08. The van der Waals surface area contributed by atoms with Crippen LogP contribution < -0.4 is 10.6 Å². The first-order valence-corrected chi connectivity index (χ1v) is 8.86. The molecule has 3 aromatic rings. The molecule has 2 amide bonds. The lowest BCUT2D eigenvalue weighted by atomic mass is 10.1. The summed E-state index contributed by atoms with van der Waals surface area (Å²) < 4.78 is 38.4. The highest BCUT2D eigenvalue weighted by Crippen LogP contribution is 2.30. The molecule has 144 valence electrons. The molecule has 0 atom stereocenters. The average molecular weight is 405 g/mol. The Morgan fingerprint density at radius 2 is 1.61 bits per heavy atom. The SMILES string of the molecule is Cc1ncc(C(=O)Nc2cccc(C(=O)Nc3cccc(C(F)(F)F)c3)c2)s1. The summed E-state index contributed by atoms with van der Waals surface area (Å²) in [7, 11) is 0. The molecule has 3 rings (SSSR count). The molecule has 0 radical (unpaired) electrons. The molecule has 0 aliphatic heterocycles. The first-order valence-electron chi connectivity index (χ1n) is 8.05. The molecule has 28 heavy (non-hydrogen) atoms. The number of benzene rings is 2. The van der Waals surface area contributed by atoms with E-state index in [1.54, 1.807) is 19.1 Å². The van der Waals surface area contributed by atoms with Crippen molar-refractivity contribution in [3.05, 3.63) is 75.7 Å². The molecule has 0 aliphatic rings. The number of hydrogen-bond acceptors (Lipinski definition) is 4. The number of alkyl halides is 3. The molecule has 9 heteroatoms. The predicted octanol–water partition coefficient (Wildman–Crippen LogP) is 4.97. The van der Waals surface area contributed by atoms with Crippen LogP contribution in [0.2, 0.25) is 0 Å². The van der Waals surface area contributed by atoms with E-state index in [-0.39, 0.29) is 17.2 Å². The van der Waals surface area contributed by atoms with Crippen LogP contribution >= 0.6 is 11.3 Å². The van der Waals surface area contributed by atoms with Crippen LogP contribution in [0.5, 0.6) is 0 Å². The van der Waals surface area contributed by atoms with E-state index in [1.165, 1.54) is 41.8 Å². The topological polar surface area (TPSA) is 71.1 Å². The number of aryl methyl sites for hydroxylation is 1. The molecule has 1 heterocycles. The van der Waals surface area contributed by atoms with E-state index in [0.29, 0.717) is 10.6 Å². The molecule has 2 N–H and O–H groups in total. The highest BCUT2D eigenvalue weighted by atomic mass is 32.1. The van der Waals surface area contributed by atoms with Crippen molar-refractivity contribution in [1.29, 1.82) is 0 Å². The third-order valence-electron chi connectivity index (χ3n) is 3.68. The molecule has 0 bridgehead atoms. The van der Waals surface area contributed by atoms with Crippen LogP contribution in [0.15, 0.2) is 54.7 Å². The number of amides is 2. The van der Waals surface area contributed by atoms with Gasteiger partial charge in [0.15, 0.2) is 0 Å². The Balaban J connectivity index is 1.73. The van der Waals surface area contributed by atoms with Gasteiger partial charge in [0, 0.05) is 16.9 Å². The van der Waals surface area contributed by atoms with E-state index < -0.39 is 17.6 Å². The third-order valence-corrected chi connectivity index (χ3v) is 4.59. The molecule has 0 unspecified atom stereocenters. The maximum absolute atomic E-state index is 12.8. The van der Waals surface area contributed by atoms with E-state index in [2.05, 4.69) is 15.6 Å². The van der Waals surface area contributed by atoms with Crippen molar-refractivity contribution < 1.29 is 22.8 Å². The van der Waals surface area contributed by atoms with Gasteiger partial charge in [-0.1, -0.05) is 12.1 Å². The van der Waals surface area contributed by atoms with Crippen LogP contribution in [0.4, 0.5) is 24.5 Å². The lowest BCUT2D eigenvalue weighted by molar-refractivity contribution is -0.137. The Kier molecular flexibility index (Phi) is 5.46. The number of nitrogens with one attached hydrogen (secondary N) is 2. The van der Waals surface area contributed by atoms with Gasteiger partial charge in [0.05, 0.1) is 16.8 Å². The van der Waals surface area contributed by atoms with Gasteiger partial charge in [0.1, 0.15) is 4.88 Å². The molecule has 5 nitrogen and oxygen atoms in total. The summed E-state index contributed by atoms with van der Waals surface area (Å²) in [6.07, 6.45) is -3.04. The predicted molar refractivity (Wildman–Crippen MR) is 101 cm³/mol. The van der Waals surface area contributed by atoms with Crippen molar-refractivity contribution in [3.63, 3.8) is 0 Å². The molecule has 0 spiro atoms. The van der Waals surface area contributed by atoms with Gasteiger partial charge in [-0.15, -0.1) is 11.3 Å². The molecule has 0 saturated heterocycles. The second kappa shape index (κ2) is 7.81. The summed E-state index contributed by atoms with van der Waals surface area (Å²) in [6, 6.07) is 10.5. The monoisotopic (exact) mass is 405 g/mol. The smallest absolute Gasteiger partial charge is 0.322 e. The van der Waals surface area contributed by atoms with Crippen molar-refractivity contribution in [2.24, 2.45) is 0 Å². The van der Waals surface area contributed by atoms with Crippen LogP contribution in [-0.4, -0.2) is 16.8 Å². The van der Waals surface area contributed by atoms with Crippen molar-refractivity contribution in [1.82, 2.24) is 4.98 Å². The maximum atomic E-state index is 12.8. The van der Waals surface area contributed by atoms with Crippen LogP contribution in [0.25, 0.3) is 0 Å². The van der Waals surface area contributed by atoms with Crippen molar-refractivity contribution in [3.8, 4) is 0 Å². The number of halogens is 3. The summed E-state index contributed by atoms with van der Waals surface area (Å²) in [5, 5.41) is 5.84. The molecule has 0 saturated carbocycles. The summed E-state index contributed by atoms with van der Waals surface area (Å²) >= 11 is 1.24. The van der Waals surface area contributed by atoms with Crippen LogP contribution in [0.1, 0.15) is 30.6 Å². The minimum atomic E-state index is -4.50. The fourth-order valence-corrected chi connectivity index (χ4v) is 3.05. The van der Waals surface area contributed by atoms with Gasteiger partial charge in [-0.05, 0) is 43.3 Å². The van der Waals surface area contributed by atoms with E-state index in [0.717, 1.165) is 17.1 Å². The summed E-state index contributed by atoms with van der Waals surface area (Å²) in [5.74, 6) is -0.954. The quantitative estimate of drug-likeness (QED) is 0.644. The third kappa shape index (κ3) is 4.74. The van der Waals surface area contributed by atoms with Crippen molar-refractivity contribution in [2.75, 3.05) is 10.6 Å². The second-order valence-electron chi connectivity index (χ2n) is 5.81. The Labute approximate surface area is 162 Å². The maximum Gasteiger partial charge on any atom is 0.416 e. The molecule has 0 fully saturated rings. The van der Waals surface area contributed by atoms with Gasteiger partial charge < -0.3 is 10.6 Å². The normalized spacial score (nSPS) is 11.1. The largest absolute Gasteiger partial charge is 0.416 e. The van der Waals surface area contributed by atoms with Gasteiger partial charge in [0.2, 0.25) is 0 Å². The Morgan fingerprint density at radius 3 is 2.25 bits per heavy atom. The number of aromatic nitrogens is 1. The Hall–Kier alpha value is -3.20. The highest BCUT2D eigenvalue weighted by molar-refractivity contribution is 7.13. The number of carbonyl (C=O) groups is 2. The van der Waals surface area contributed by atoms with Crippen molar-refractivity contribution in [2.45, 2.75) is 13.1 Å². The first kappa shape index (κ1) is 19.6. The summed E-state index contributed by atoms with van der Waals surface area (Å²) in [5.41, 5.74) is -0.260. The lowest BCUT2D eigenvalue weighted by Crippen LogP contribution is -2.14. The molecular weight excluding hydrogens is 391 g/mol. The van der Waals surface area contributed by atoms with Crippen LogP contribution in [0, 0.1) is 6.92 Å². The van der Waals surface area contributed by atoms with E-state index >= 15 is 0 Å². The van der Waals surface area contributed by atoms with Crippen LogP contribution in [0.3, 0.4) is 0 Å². The zero-order valence-electron chi connectivity index (χ0n) is 14.5. The fraction of sp³-hybridized carbons (Fsp3) is 0.105. The minimum Gasteiger partial charge on any atom is -0.322 e. The number of carbonyl (C=O) groups excluding carboxylic acids is 2. The molecule has 0 aliphatic carbocycles. The van der Waals surface area contributed by atoms with Gasteiger partial charge in [-0.2, -0.15) is 13.2 Å². The number of thiazole rings is 1. The molecule has 2 aromatic carbocycles. The van der Waals surface area contributed by atoms with Crippen LogP contribution in [-0.2, 0) is 6.18 Å². The zero-order chi connectivity index (χ0) is 20.3. The summed E-state index contributed by atoms with van der Waals surface area (Å²) in [4.78, 5) is 29.0. The van der Waals surface area contributed by atoms with Gasteiger partial charge in [-0.3, -0.25) is 9.59 Å². The van der Waals surface area contributed by atoms with Gasteiger partial charge in [-0.25, -0.2) is 4.98 Å². The Morgan fingerprint density at radius 1 is 0.964 bits per heavy atom. The van der Waals surface area contributed by atoms with E-state index in [1.807, 2.05) is 0 Å². The molecule has 1 aromatic heterocycles.